The van der Waals surface area contributed by atoms with E-state index in [9.17, 15) is 9.59 Å². The molecular weight excluding hydrogens is 424 g/mol. The SMILES string of the molecule is COc1ccc(C(=O)N(CC(=O)N2CCC(CN3CCCCC3)CC2)c2cncs2)cc1. The minimum Gasteiger partial charge on any atom is -0.497 e. The van der Waals surface area contributed by atoms with Gasteiger partial charge in [0.25, 0.3) is 5.91 Å². The van der Waals surface area contributed by atoms with Crippen molar-refractivity contribution >= 4 is 28.2 Å². The molecule has 1 aromatic carbocycles. The molecule has 0 bridgehead atoms. The molecule has 8 heteroatoms. The molecule has 0 saturated carbocycles. The summed E-state index contributed by atoms with van der Waals surface area (Å²) in [6.07, 6.45) is 7.70. The van der Waals surface area contributed by atoms with Gasteiger partial charge < -0.3 is 14.5 Å². The summed E-state index contributed by atoms with van der Waals surface area (Å²) in [5.74, 6) is 1.15. The summed E-state index contributed by atoms with van der Waals surface area (Å²) in [6.45, 7) is 5.16. The maximum absolute atomic E-state index is 13.2. The molecule has 4 rings (SSSR count). The van der Waals surface area contributed by atoms with Crippen molar-refractivity contribution in [1.82, 2.24) is 14.8 Å². The molecule has 2 saturated heterocycles. The highest BCUT2D eigenvalue weighted by Crippen LogP contribution is 2.24. The number of piperidine rings is 2. The first-order chi connectivity index (χ1) is 15.6. The molecule has 2 aliphatic heterocycles. The second-order valence-electron chi connectivity index (χ2n) is 8.64. The van der Waals surface area contributed by atoms with Gasteiger partial charge >= 0.3 is 0 Å². The summed E-state index contributed by atoms with van der Waals surface area (Å²) in [6, 6.07) is 6.97. The summed E-state index contributed by atoms with van der Waals surface area (Å²) in [5.41, 5.74) is 2.20. The maximum atomic E-state index is 13.2. The first-order valence-electron chi connectivity index (χ1n) is 11.5. The van der Waals surface area contributed by atoms with Crippen LogP contribution in [0, 0.1) is 5.92 Å². The van der Waals surface area contributed by atoms with Crippen LogP contribution in [-0.2, 0) is 4.79 Å². The highest BCUT2D eigenvalue weighted by Gasteiger charge is 2.28. The Bertz CT molecular complexity index is 873. The van der Waals surface area contributed by atoms with Crippen molar-refractivity contribution in [3.05, 3.63) is 41.5 Å². The van der Waals surface area contributed by atoms with Crippen LogP contribution in [0.1, 0.15) is 42.5 Å². The van der Waals surface area contributed by atoms with E-state index in [1.54, 1.807) is 48.0 Å². The van der Waals surface area contributed by atoms with E-state index < -0.39 is 0 Å². The fourth-order valence-corrected chi connectivity index (χ4v) is 5.22. The van der Waals surface area contributed by atoms with Gasteiger partial charge in [0.05, 0.1) is 18.8 Å². The highest BCUT2D eigenvalue weighted by atomic mass is 32.1. The van der Waals surface area contributed by atoms with Crippen LogP contribution < -0.4 is 9.64 Å². The van der Waals surface area contributed by atoms with E-state index in [0.29, 0.717) is 22.2 Å². The van der Waals surface area contributed by atoms with Crippen molar-refractivity contribution in [3.63, 3.8) is 0 Å². The standard InChI is InChI=1S/C24H32N4O3S/c1-31-21-7-5-20(6-8-21)24(30)28(23-15-25-18-32-23)17-22(29)27-13-9-19(10-14-27)16-26-11-3-2-4-12-26/h5-8,15,18-19H,2-4,9-14,16-17H2,1H3. The molecular formula is C24H32N4O3S. The lowest BCUT2D eigenvalue weighted by Crippen LogP contribution is -2.47. The van der Waals surface area contributed by atoms with E-state index in [-0.39, 0.29) is 18.4 Å². The van der Waals surface area contributed by atoms with Gasteiger partial charge in [0.1, 0.15) is 17.3 Å². The summed E-state index contributed by atoms with van der Waals surface area (Å²) in [5, 5.41) is 0.680. The Morgan fingerprint density at radius 1 is 1.09 bits per heavy atom. The fraction of sp³-hybridized carbons (Fsp3) is 0.542. The molecule has 0 radical (unpaired) electrons. The van der Waals surface area contributed by atoms with Crippen LogP contribution in [-0.4, -0.2) is 73.0 Å². The average Bonchev–Trinajstić information content (AvgIpc) is 3.38. The van der Waals surface area contributed by atoms with Gasteiger partial charge in [-0.1, -0.05) is 6.42 Å². The highest BCUT2D eigenvalue weighted by molar-refractivity contribution is 7.14. The van der Waals surface area contributed by atoms with Crippen molar-refractivity contribution in [2.24, 2.45) is 5.92 Å². The third-order valence-corrected chi connectivity index (χ3v) is 7.29. The Hall–Kier alpha value is -2.45. The molecule has 2 aromatic rings. The lowest BCUT2D eigenvalue weighted by atomic mass is 9.95. The van der Waals surface area contributed by atoms with Gasteiger partial charge in [-0.15, -0.1) is 11.3 Å². The van der Waals surface area contributed by atoms with E-state index in [2.05, 4.69) is 9.88 Å². The molecule has 0 N–H and O–H groups in total. The summed E-state index contributed by atoms with van der Waals surface area (Å²) in [4.78, 5) is 36.5. The Morgan fingerprint density at radius 3 is 2.44 bits per heavy atom. The molecule has 1 aromatic heterocycles. The zero-order valence-electron chi connectivity index (χ0n) is 18.7. The number of rotatable bonds is 7. The first kappa shape index (κ1) is 22.7. The van der Waals surface area contributed by atoms with E-state index in [1.165, 1.54) is 43.7 Å². The van der Waals surface area contributed by atoms with E-state index in [0.717, 1.165) is 32.5 Å². The Morgan fingerprint density at radius 2 is 1.81 bits per heavy atom. The molecule has 32 heavy (non-hydrogen) atoms. The number of carbonyl (C=O) groups is 2. The van der Waals surface area contributed by atoms with Crippen molar-refractivity contribution in [2.45, 2.75) is 32.1 Å². The number of nitrogens with zero attached hydrogens (tertiary/aromatic N) is 4. The number of ether oxygens (including phenoxy) is 1. The Kier molecular flexibility index (Phi) is 7.76. The zero-order chi connectivity index (χ0) is 22.3. The predicted molar refractivity (Wildman–Crippen MR) is 126 cm³/mol. The maximum Gasteiger partial charge on any atom is 0.259 e. The van der Waals surface area contributed by atoms with Crippen LogP contribution in [0.3, 0.4) is 0 Å². The Balaban J connectivity index is 1.36. The van der Waals surface area contributed by atoms with Gasteiger partial charge in [0.15, 0.2) is 0 Å². The van der Waals surface area contributed by atoms with Crippen molar-refractivity contribution < 1.29 is 14.3 Å². The van der Waals surface area contributed by atoms with Gasteiger partial charge in [-0.2, -0.15) is 0 Å². The molecule has 2 fully saturated rings. The van der Waals surface area contributed by atoms with Gasteiger partial charge in [-0.25, -0.2) is 0 Å². The lowest BCUT2D eigenvalue weighted by molar-refractivity contribution is -0.131. The second-order valence-corrected chi connectivity index (χ2v) is 9.51. The number of thiazole rings is 1. The third kappa shape index (κ3) is 5.66. The molecule has 2 amide bonds. The van der Waals surface area contributed by atoms with Crippen LogP contribution in [0.25, 0.3) is 0 Å². The first-order valence-corrected chi connectivity index (χ1v) is 12.4. The smallest absolute Gasteiger partial charge is 0.259 e. The summed E-state index contributed by atoms with van der Waals surface area (Å²) < 4.78 is 5.19. The molecule has 0 aliphatic carbocycles. The third-order valence-electron chi connectivity index (χ3n) is 6.49. The number of carbonyl (C=O) groups excluding carboxylic acids is 2. The number of anilines is 1. The molecule has 2 aliphatic rings. The predicted octanol–water partition coefficient (Wildman–Crippen LogP) is 3.52. The van der Waals surface area contributed by atoms with Crippen LogP contribution in [0.4, 0.5) is 5.00 Å². The second kappa shape index (κ2) is 10.9. The van der Waals surface area contributed by atoms with E-state index >= 15 is 0 Å². The number of likely N-dealkylation sites (tertiary alicyclic amines) is 2. The molecule has 172 valence electrons. The quantitative estimate of drug-likeness (QED) is 0.638. The number of amides is 2. The van der Waals surface area contributed by atoms with E-state index in [4.69, 9.17) is 4.74 Å². The average molecular weight is 457 g/mol. The fourth-order valence-electron chi connectivity index (χ4n) is 4.59. The van der Waals surface area contributed by atoms with Crippen molar-refractivity contribution in [2.75, 3.05) is 51.3 Å². The van der Waals surface area contributed by atoms with Gasteiger partial charge in [0, 0.05) is 25.2 Å². The summed E-state index contributed by atoms with van der Waals surface area (Å²) in [7, 11) is 1.59. The molecule has 7 nitrogen and oxygen atoms in total. The zero-order valence-corrected chi connectivity index (χ0v) is 19.6. The minimum atomic E-state index is -0.203. The van der Waals surface area contributed by atoms with Crippen molar-refractivity contribution in [3.8, 4) is 5.75 Å². The minimum absolute atomic E-state index is 0.00307. The monoisotopic (exact) mass is 456 g/mol. The number of methoxy groups -OCH3 is 1. The summed E-state index contributed by atoms with van der Waals surface area (Å²) >= 11 is 1.36. The molecule has 0 spiro atoms. The van der Waals surface area contributed by atoms with Crippen molar-refractivity contribution in [1.29, 1.82) is 0 Å². The molecule has 0 atom stereocenters. The largest absolute Gasteiger partial charge is 0.497 e. The Labute approximate surface area is 194 Å². The number of aromatic nitrogens is 1. The van der Waals surface area contributed by atoms with Gasteiger partial charge in [-0.05, 0) is 69.0 Å². The lowest BCUT2D eigenvalue weighted by Gasteiger charge is -2.36. The molecule has 0 unspecified atom stereocenters. The number of benzene rings is 1. The van der Waals surface area contributed by atoms with Crippen LogP contribution in [0.15, 0.2) is 36.0 Å². The van der Waals surface area contributed by atoms with Crippen LogP contribution in [0.5, 0.6) is 5.75 Å². The van der Waals surface area contributed by atoms with E-state index in [1.807, 2.05) is 4.90 Å². The molecule has 3 heterocycles. The van der Waals surface area contributed by atoms with Crippen LogP contribution >= 0.6 is 11.3 Å². The number of hydrogen-bond donors (Lipinski definition) is 0. The van der Waals surface area contributed by atoms with Gasteiger partial charge in [-0.3, -0.25) is 19.5 Å². The number of hydrogen-bond acceptors (Lipinski definition) is 6. The van der Waals surface area contributed by atoms with Gasteiger partial charge in [0.2, 0.25) is 5.91 Å². The normalized spacial score (nSPS) is 17.8. The topological polar surface area (TPSA) is 66.0 Å². The van der Waals surface area contributed by atoms with Crippen LogP contribution in [0.2, 0.25) is 0 Å².